The lowest BCUT2D eigenvalue weighted by molar-refractivity contribution is -0.122. The van der Waals surface area contributed by atoms with E-state index < -0.39 is 11.8 Å². The zero-order valence-electron chi connectivity index (χ0n) is 16.2. The van der Waals surface area contributed by atoms with Crippen LogP contribution >= 0.6 is 23.8 Å². The molecule has 4 rings (SSSR count). The standard InChI is InChI=1S/C24H17ClN2O3S/c25-18-10-6-17(7-11-18)15-30-20-12-8-16(9-13-20)14-21-22(28)26-24(31)27(23(21)29)19-4-2-1-3-5-19/h1-14H,15H2,(H,26,28,31). The van der Waals surface area contributed by atoms with E-state index in [0.29, 0.717) is 28.6 Å². The number of halogens is 1. The van der Waals surface area contributed by atoms with Crippen LogP contribution in [0.3, 0.4) is 0 Å². The molecule has 0 unspecified atom stereocenters. The van der Waals surface area contributed by atoms with Gasteiger partial charge in [-0.2, -0.15) is 0 Å². The summed E-state index contributed by atoms with van der Waals surface area (Å²) in [7, 11) is 0. The van der Waals surface area contributed by atoms with Gasteiger partial charge in [-0.1, -0.05) is 54.1 Å². The Balaban J connectivity index is 1.50. The van der Waals surface area contributed by atoms with E-state index in [4.69, 9.17) is 28.6 Å². The highest BCUT2D eigenvalue weighted by molar-refractivity contribution is 7.80. The Morgan fingerprint density at radius 1 is 0.935 bits per heavy atom. The minimum absolute atomic E-state index is 0.00675. The van der Waals surface area contributed by atoms with Crippen LogP contribution < -0.4 is 15.0 Å². The molecule has 1 heterocycles. The van der Waals surface area contributed by atoms with Gasteiger partial charge in [-0.15, -0.1) is 0 Å². The topological polar surface area (TPSA) is 58.6 Å². The van der Waals surface area contributed by atoms with Gasteiger partial charge in [-0.05, 0) is 65.8 Å². The van der Waals surface area contributed by atoms with Gasteiger partial charge in [0.05, 0.1) is 5.69 Å². The molecule has 0 radical (unpaired) electrons. The monoisotopic (exact) mass is 448 g/mol. The summed E-state index contributed by atoms with van der Waals surface area (Å²) in [6.45, 7) is 0.405. The molecule has 0 atom stereocenters. The average Bonchev–Trinajstić information content (AvgIpc) is 2.78. The molecule has 0 aromatic heterocycles. The Bertz CT molecular complexity index is 1160. The second kappa shape index (κ2) is 9.12. The van der Waals surface area contributed by atoms with Crippen LogP contribution in [0.5, 0.6) is 5.75 Å². The van der Waals surface area contributed by atoms with E-state index in [1.807, 2.05) is 30.3 Å². The van der Waals surface area contributed by atoms with Crippen LogP contribution in [0.25, 0.3) is 6.08 Å². The van der Waals surface area contributed by atoms with Gasteiger partial charge in [0.1, 0.15) is 17.9 Å². The largest absolute Gasteiger partial charge is 0.489 e. The van der Waals surface area contributed by atoms with Crippen molar-refractivity contribution in [3.05, 3.63) is 101 Å². The first-order valence-electron chi connectivity index (χ1n) is 9.45. The maximum atomic E-state index is 13.0. The molecule has 3 aromatic carbocycles. The van der Waals surface area contributed by atoms with Gasteiger partial charge >= 0.3 is 0 Å². The predicted octanol–water partition coefficient (Wildman–Crippen LogP) is 4.75. The third-order valence-corrected chi connectivity index (χ3v) is 5.16. The highest BCUT2D eigenvalue weighted by atomic mass is 35.5. The number of nitrogens with one attached hydrogen (secondary N) is 1. The molecular weight excluding hydrogens is 432 g/mol. The third kappa shape index (κ3) is 4.82. The van der Waals surface area contributed by atoms with Crippen LogP contribution in [0.4, 0.5) is 5.69 Å². The van der Waals surface area contributed by atoms with Gasteiger partial charge in [0.15, 0.2) is 5.11 Å². The molecule has 1 saturated heterocycles. The van der Waals surface area contributed by atoms with Crippen LogP contribution in [-0.2, 0) is 16.2 Å². The molecule has 1 aliphatic heterocycles. The quantitative estimate of drug-likeness (QED) is 0.347. The molecule has 31 heavy (non-hydrogen) atoms. The number of benzene rings is 3. The summed E-state index contributed by atoms with van der Waals surface area (Å²) in [6, 6.07) is 23.5. The van der Waals surface area contributed by atoms with Crippen molar-refractivity contribution < 1.29 is 14.3 Å². The molecule has 154 valence electrons. The Hall–Kier alpha value is -3.48. The van der Waals surface area contributed by atoms with E-state index in [-0.39, 0.29) is 10.7 Å². The molecule has 0 saturated carbocycles. The number of ether oxygens (including phenoxy) is 1. The van der Waals surface area contributed by atoms with E-state index in [0.717, 1.165) is 5.56 Å². The third-order valence-electron chi connectivity index (χ3n) is 4.63. The van der Waals surface area contributed by atoms with Crippen molar-refractivity contribution in [1.29, 1.82) is 0 Å². The SMILES string of the molecule is O=C1NC(=S)N(c2ccccc2)C(=O)C1=Cc1ccc(OCc2ccc(Cl)cc2)cc1. The van der Waals surface area contributed by atoms with Crippen molar-refractivity contribution in [3.63, 3.8) is 0 Å². The highest BCUT2D eigenvalue weighted by Gasteiger charge is 2.34. The van der Waals surface area contributed by atoms with Gasteiger partial charge in [-0.25, -0.2) is 0 Å². The first-order valence-corrected chi connectivity index (χ1v) is 10.2. The maximum Gasteiger partial charge on any atom is 0.270 e. The summed E-state index contributed by atoms with van der Waals surface area (Å²) < 4.78 is 5.77. The smallest absolute Gasteiger partial charge is 0.270 e. The number of carbonyl (C=O) groups is 2. The van der Waals surface area contributed by atoms with Gasteiger partial charge in [-0.3, -0.25) is 19.8 Å². The van der Waals surface area contributed by atoms with Gasteiger partial charge in [0.25, 0.3) is 11.8 Å². The fourth-order valence-corrected chi connectivity index (χ4v) is 3.45. The van der Waals surface area contributed by atoms with E-state index in [2.05, 4.69) is 5.32 Å². The number of rotatable bonds is 5. The predicted molar refractivity (Wildman–Crippen MR) is 125 cm³/mol. The van der Waals surface area contributed by atoms with Gasteiger partial charge in [0, 0.05) is 5.02 Å². The number of amides is 2. The summed E-state index contributed by atoms with van der Waals surface area (Å²) in [6.07, 6.45) is 1.54. The number of para-hydroxylation sites is 1. The lowest BCUT2D eigenvalue weighted by atomic mass is 10.1. The Morgan fingerprint density at radius 2 is 1.61 bits per heavy atom. The lowest BCUT2D eigenvalue weighted by Crippen LogP contribution is -2.54. The molecule has 1 N–H and O–H groups in total. The number of hydrogen-bond donors (Lipinski definition) is 1. The zero-order chi connectivity index (χ0) is 21.8. The van der Waals surface area contributed by atoms with Crippen LogP contribution in [-0.4, -0.2) is 16.9 Å². The molecule has 2 amide bonds. The van der Waals surface area contributed by atoms with Crippen molar-refractivity contribution in [1.82, 2.24) is 5.32 Å². The van der Waals surface area contributed by atoms with Crippen molar-refractivity contribution >= 4 is 52.5 Å². The van der Waals surface area contributed by atoms with Crippen LogP contribution in [0, 0.1) is 0 Å². The lowest BCUT2D eigenvalue weighted by Gasteiger charge is -2.28. The first-order chi connectivity index (χ1) is 15.0. The van der Waals surface area contributed by atoms with Gasteiger partial charge < -0.3 is 4.74 Å². The number of thiocarbonyl (C=S) groups is 1. The number of hydrogen-bond acceptors (Lipinski definition) is 4. The number of carbonyl (C=O) groups excluding carboxylic acids is 2. The van der Waals surface area contributed by atoms with E-state index in [1.54, 1.807) is 54.6 Å². The molecule has 5 nitrogen and oxygen atoms in total. The second-order valence-electron chi connectivity index (χ2n) is 6.78. The van der Waals surface area contributed by atoms with Crippen LogP contribution in [0.15, 0.2) is 84.4 Å². The minimum atomic E-state index is -0.523. The number of nitrogens with zero attached hydrogens (tertiary/aromatic N) is 1. The van der Waals surface area contributed by atoms with Crippen LogP contribution in [0.2, 0.25) is 5.02 Å². The fraction of sp³-hybridized carbons (Fsp3) is 0.0417. The summed E-state index contributed by atoms with van der Waals surface area (Å²) in [5, 5.41) is 3.31. The van der Waals surface area contributed by atoms with Crippen molar-refractivity contribution in [2.45, 2.75) is 6.61 Å². The molecule has 0 bridgehead atoms. The van der Waals surface area contributed by atoms with Crippen molar-refractivity contribution in [2.75, 3.05) is 4.90 Å². The fourth-order valence-electron chi connectivity index (χ4n) is 3.04. The summed E-state index contributed by atoms with van der Waals surface area (Å²) in [5.74, 6) is -0.322. The summed E-state index contributed by atoms with van der Waals surface area (Å²) >= 11 is 11.1. The Morgan fingerprint density at radius 3 is 2.29 bits per heavy atom. The zero-order valence-corrected chi connectivity index (χ0v) is 17.8. The van der Waals surface area contributed by atoms with E-state index in [9.17, 15) is 9.59 Å². The Kier molecular flexibility index (Phi) is 6.11. The molecule has 0 aliphatic carbocycles. The van der Waals surface area contributed by atoms with E-state index in [1.165, 1.54) is 4.90 Å². The minimum Gasteiger partial charge on any atom is -0.489 e. The maximum absolute atomic E-state index is 13.0. The van der Waals surface area contributed by atoms with E-state index >= 15 is 0 Å². The first kappa shape index (κ1) is 20.8. The molecule has 0 spiro atoms. The molecular formula is C24H17ClN2O3S. The molecule has 1 fully saturated rings. The second-order valence-corrected chi connectivity index (χ2v) is 7.60. The Labute approximate surface area is 189 Å². The van der Waals surface area contributed by atoms with Gasteiger partial charge in [0.2, 0.25) is 0 Å². The average molecular weight is 449 g/mol. The molecule has 3 aromatic rings. The highest BCUT2D eigenvalue weighted by Crippen LogP contribution is 2.23. The summed E-state index contributed by atoms with van der Waals surface area (Å²) in [5.41, 5.74) is 2.29. The molecule has 7 heteroatoms. The molecule has 1 aliphatic rings. The summed E-state index contributed by atoms with van der Waals surface area (Å²) in [4.78, 5) is 26.7. The normalized spacial score (nSPS) is 15.2. The van der Waals surface area contributed by atoms with Crippen molar-refractivity contribution in [2.24, 2.45) is 0 Å². The van der Waals surface area contributed by atoms with Crippen molar-refractivity contribution in [3.8, 4) is 5.75 Å². The number of anilines is 1. The van der Waals surface area contributed by atoms with Crippen LogP contribution in [0.1, 0.15) is 11.1 Å².